The SMILES string of the molecule is CCC1CCC(Oc2cc(Cl)ccc2C(=N)N)CC1. The highest BCUT2D eigenvalue weighted by Crippen LogP contribution is 2.31. The molecule has 104 valence electrons. The van der Waals surface area contributed by atoms with Crippen LogP contribution in [0.25, 0.3) is 0 Å². The third-order valence-electron chi connectivity index (χ3n) is 3.90. The minimum atomic E-state index is 0.0221. The highest BCUT2D eigenvalue weighted by molar-refractivity contribution is 6.30. The van der Waals surface area contributed by atoms with E-state index in [9.17, 15) is 0 Å². The highest BCUT2D eigenvalue weighted by Gasteiger charge is 2.22. The van der Waals surface area contributed by atoms with Gasteiger partial charge < -0.3 is 10.5 Å². The smallest absolute Gasteiger partial charge is 0.132 e. The van der Waals surface area contributed by atoms with E-state index in [4.69, 9.17) is 27.5 Å². The molecule has 1 aromatic rings. The molecule has 0 amide bonds. The molecule has 19 heavy (non-hydrogen) atoms. The lowest BCUT2D eigenvalue weighted by Crippen LogP contribution is -2.25. The molecular formula is C15H21ClN2O. The number of nitrogens with two attached hydrogens (primary N) is 1. The summed E-state index contributed by atoms with van der Waals surface area (Å²) in [4.78, 5) is 0. The van der Waals surface area contributed by atoms with Crippen molar-refractivity contribution in [2.45, 2.75) is 45.1 Å². The molecule has 0 aliphatic heterocycles. The van der Waals surface area contributed by atoms with Gasteiger partial charge in [-0.05, 0) is 49.8 Å². The second-order valence-corrected chi connectivity index (χ2v) is 5.66. The van der Waals surface area contributed by atoms with Crippen molar-refractivity contribution in [2.24, 2.45) is 11.7 Å². The van der Waals surface area contributed by atoms with E-state index < -0.39 is 0 Å². The molecule has 0 heterocycles. The van der Waals surface area contributed by atoms with Crippen molar-refractivity contribution in [1.29, 1.82) is 5.41 Å². The lowest BCUT2D eigenvalue weighted by atomic mass is 9.86. The average molecular weight is 281 g/mol. The fraction of sp³-hybridized carbons (Fsp3) is 0.533. The van der Waals surface area contributed by atoms with Crippen molar-refractivity contribution in [3.05, 3.63) is 28.8 Å². The van der Waals surface area contributed by atoms with Crippen LogP contribution in [0.2, 0.25) is 5.02 Å². The zero-order valence-corrected chi connectivity index (χ0v) is 12.0. The molecule has 1 aliphatic rings. The minimum Gasteiger partial charge on any atom is -0.490 e. The van der Waals surface area contributed by atoms with Crippen molar-refractivity contribution in [2.75, 3.05) is 0 Å². The van der Waals surface area contributed by atoms with Gasteiger partial charge >= 0.3 is 0 Å². The summed E-state index contributed by atoms with van der Waals surface area (Å²) in [5, 5.41) is 8.19. The second kappa shape index (κ2) is 6.29. The zero-order valence-electron chi connectivity index (χ0n) is 11.3. The number of nitrogen functional groups attached to an aromatic ring is 1. The number of benzene rings is 1. The molecule has 3 N–H and O–H groups in total. The van der Waals surface area contributed by atoms with Gasteiger partial charge in [-0.1, -0.05) is 24.9 Å². The molecule has 0 radical (unpaired) electrons. The Balaban J connectivity index is 2.06. The van der Waals surface area contributed by atoms with Crippen LogP contribution in [-0.4, -0.2) is 11.9 Å². The molecule has 1 aromatic carbocycles. The summed E-state index contributed by atoms with van der Waals surface area (Å²) in [6, 6.07) is 5.24. The third kappa shape index (κ3) is 3.63. The second-order valence-electron chi connectivity index (χ2n) is 5.22. The van der Waals surface area contributed by atoms with Crippen LogP contribution >= 0.6 is 11.6 Å². The molecule has 0 aromatic heterocycles. The first-order valence-corrected chi connectivity index (χ1v) is 7.28. The summed E-state index contributed by atoms with van der Waals surface area (Å²) >= 11 is 5.99. The monoisotopic (exact) mass is 280 g/mol. The summed E-state index contributed by atoms with van der Waals surface area (Å²) in [5.41, 5.74) is 6.20. The molecular weight excluding hydrogens is 260 g/mol. The van der Waals surface area contributed by atoms with E-state index >= 15 is 0 Å². The quantitative estimate of drug-likeness (QED) is 0.647. The molecule has 1 saturated carbocycles. The van der Waals surface area contributed by atoms with E-state index in [0.717, 1.165) is 18.8 Å². The van der Waals surface area contributed by atoms with Crippen molar-refractivity contribution in [3.63, 3.8) is 0 Å². The lowest BCUT2D eigenvalue weighted by molar-refractivity contribution is 0.129. The fourth-order valence-corrected chi connectivity index (χ4v) is 2.82. The standard InChI is InChI=1S/C15H21ClN2O/c1-2-10-3-6-12(7-4-10)19-14-9-11(16)5-8-13(14)15(17)18/h5,8-10,12H,2-4,6-7H2,1H3,(H3,17,18). The van der Waals surface area contributed by atoms with Crippen molar-refractivity contribution < 1.29 is 4.74 Å². The van der Waals surface area contributed by atoms with Crippen LogP contribution in [0.15, 0.2) is 18.2 Å². The highest BCUT2D eigenvalue weighted by atomic mass is 35.5. The van der Waals surface area contributed by atoms with Gasteiger partial charge in [0.2, 0.25) is 0 Å². The van der Waals surface area contributed by atoms with Gasteiger partial charge in [-0.2, -0.15) is 0 Å². The summed E-state index contributed by atoms with van der Waals surface area (Å²) in [6.45, 7) is 2.25. The Labute approximate surface area is 119 Å². The van der Waals surface area contributed by atoms with Crippen LogP contribution in [0.4, 0.5) is 0 Å². The zero-order chi connectivity index (χ0) is 13.8. The summed E-state index contributed by atoms with van der Waals surface area (Å²) in [5.74, 6) is 1.50. The molecule has 4 heteroatoms. The number of ether oxygens (including phenoxy) is 1. The molecule has 0 spiro atoms. The van der Waals surface area contributed by atoms with Crippen molar-refractivity contribution in [1.82, 2.24) is 0 Å². The van der Waals surface area contributed by atoms with Crippen LogP contribution < -0.4 is 10.5 Å². The van der Waals surface area contributed by atoms with Gasteiger partial charge in [-0.3, -0.25) is 5.41 Å². The topological polar surface area (TPSA) is 59.1 Å². The number of hydrogen-bond acceptors (Lipinski definition) is 2. The first-order valence-electron chi connectivity index (χ1n) is 6.90. The van der Waals surface area contributed by atoms with Gasteiger partial charge in [-0.15, -0.1) is 0 Å². The lowest BCUT2D eigenvalue weighted by Gasteiger charge is -2.29. The molecule has 3 nitrogen and oxygen atoms in total. The Kier molecular flexibility index (Phi) is 4.70. The van der Waals surface area contributed by atoms with E-state index in [1.165, 1.54) is 19.3 Å². The Morgan fingerprint density at radius 1 is 1.37 bits per heavy atom. The Morgan fingerprint density at radius 2 is 2.05 bits per heavy atom. The van der Waals surface area contributed by atoms with Crippen LogP contribution in [0.1, 0.15) is 44.6 Å². The molecule has 2 rings (SSSR count). The molecule has 0 atom stereocenters. The average Bonchev–Trinajstić information content (AvgIpc) is 2.39. The number of hydrogen-bond donors (Lipinski definition) is 2. The van der Waals surface area contributed by atoms with Gasteiger partial charge in [0.15, 0.2) is 0 Å². The van der Waals surface area contributed by atoms with E-state index in [1.807, 2.05) is 0 Å². The summed E-state index contributed by atoms with van der Waals surface area (Å²) in [6.07, 6.45) is 6.06. The van der Waals surface area contributed by atoms with Crippen LogP contribution in [-0.2, 0) is 0 Å². The van der Waals surface area contributed by atoms with E-state index in [1.54, 1.807) is 18.2 Å². The Hall–Kier alpha value is -1.22. The first kappa shape index (κ1) is 14.2. The molecule has 0 bridgehead atoms. The Bertz CT molecular complexity index is 453. The maximum atomic E-state index is 7.58. The van der Waals surface area contributed by atoms with Crippen LogP contribution in [0, 0.1) is 11.3 Å². The van der Waals surface area contributed by atoms with E-state index in [-0.39, 0.29) is 11.9 Å². The van der Waals surface area contributed by atoms with E-state index in [0.29, 0.717) is 16.3 Å². The first-order chi connectivity index (χ1) is 9.10. The predicted molar refractivity (Wildman–Crippen MR) is 79.1 cm³/mol. The number of nitrogens with one attached hydrogen (secondary N) is 1. The minimum absolute atomic E-state index is 0.0221. The van der Waals surface area contributed by atoms with Crippen molar-refractivity contribution in [3.8, 4) is 5.75 Å². The fourth-order valence-electron chi connectivity index (χ4n) is 2.65. The molecule has 1 aliphatic carbocycles. The van der Waals surface area contributed by atoms with Gasteiger partial charge in [-0.25, -0.2) is 0 Å². The molecule has 1 fully saturated rings. The third-order valence-corrected chi connectivity index (χ3v) is 4.13. The number of halogens is 1. The van der Waals surface area contributed by atoms with E-state index in [2.05, 4.69) is 6.92 Å². The largest absolute Gasteiger partial charge is 0.490 e. The van der Waals surface area contributed by atoms with Gasteiger partial charge in [0.05, 0.1) is 11.7 Å². The Morgan fingerprint density at radius 3 is 2.63 bits per heavy atom. The van der Waals surface area contributed by atoms with Crippen LogP contribution in [0.5, 0.6) is 5.75 Å². The maximum Gasteiger partial charge on any atom is 0.132 e. The summed E-state index contributed by atoms with van der Waals surface area (Å²) < 4.78 is 6.02. The normalized spacial score (nSPS) is 23.1. The maximum absolute atomic E-state index is 7.58. The number of rotatable bonds is 4. The predicted octanol–water partition coefficient (Wildman–Crippen LogP) is 3.97. The molecule has 0 unspecified atom stereocenters. The van der Waals surface area contributed by atoms with Crippen LogP contribution in [0.3, 0.4) is 0 Å². The van der Waals surface area contributed by atoms with Gasteiger partial charge in [0.1, 0.15) is 11.6 Å². The molecule has 0 saturated heterocycles. The summed E-state index contributed by atoms with van der Waals surface area (Å²) in [7, 11) is 0. The number of amidine groups is 1. The van der Waals surface area contributed by atoms with Crippen molar-refractivity contribution >= 4 is 17.4 Å². The van der Waals surface area contributed by atoms with Gasteiger partial charge in [0, 0.05) is 5.02 Å². The van der Waals surface area contributed by atoms with Gasteiger partial charge in [0.25, 0.3) is 0 Å².